The van der Waals surface area contributed by atoms with E-state index in [1.54, 1.807) is 16.9 Å². The second-order valence-electron chi connectivity index (χ2n) is 5.50. The Labute approximate surface area is 142 Å². The second kappa shape index (κ2) is 9.25. The Hall–Kier alpha value is -1.95. The van der Waals surface area contributed by atoms with Gasteiger partial charge in [-0.05, 0) is 36.3 Å². The number of rotatable bonds is 8. The van der Waals surface area contributed by atoms with E-state index in [-0.39, 0.29) is 5.82 Å². The number of hydrogen-bond acceptors (Lipinski definition) is 2. The molecule has 0 bridgehead atoms. The number of nitrogens with zero attached hydrogens (tertiary/aromatic N) is 2. The summed E-state index contributed by atoms with van der Waals surface area (Å²) in [6.07, 6.45) is 8.40. The van der Waals surface area contributed by atoms with Gasteiger partial charge in [0.05, 0.1) is 18.4 Å². The second-order valence-corrected chi connectivity index (χ2v) is 5.91. The molecule has 4 nitrogen and oxygen atoms in total. The molecular weight excluding hydrogens is 311 g/mol. The maximum absolute atomic E-state index is 13.2. The minimum absolute atomic E-state index is 0.235. The summed E-state index contributed by atoms with van der Waals surface area (Å²) in [6.45, 7) is 3.60. The van der Waals surface area contributed by atoms with Crippen molar-refractivity contribution in [2.24, 2.45) is 0 Å². The number of halogens is 1. The molecule has 6 heteroatoms. The minimum atomic E-state index is -0.235. The van der Waals surface area contributed by atoms with Gasteiger partial charge < -0.3 is 10.6 Å². The summed E-state index contributed by atoms with van der Waals surface area (Å²) >= 11 is 5.26. The van der Waals surface area contributed by atoms with Crippen molar-refractivity contribution >= 4 is 23.0 Å². The molecule has 1 heterocycles. The summed E-state index contributed by atoms with van der Waals surface area (Å²) in [7, 11) is 0. The largest absolute Gasteiger partial charge is 0.362 e. The molecule has 2 N–H and O–H groups in total. The van der Waals surface area contributed by atoms with Crippen LogP contribution in [0, 0.1) is 5.82 Å². The maximum atomic E-state index is 13.2. The van der Waals surface area contributed by atoms with Crippen LogP contribution in [0.2, 0.25) is 0 Å². The molecule has 0 saturated heterocycles. The lowest BCUT2D eigenvalue weighted by molar-refractivity contribution is 0.619. The van der Waals surface area contributed by atoms with Crippen molar-refractivity contribution in [3.63, 3.8) is 0 Å². The van der Waals surface area contributed by atoms with Crippen LogP contribution in [0.4, 0.5) is 10.1 Å². The van der Waals surface area contributed by atoms with E-state index in [9.17, 15) is 4.39 Å². The molecule has 0 aliphatic carbocycles. The van der Waals surface area contributed by atoms with E-state index in [4.69, 9.17) is 12.2 Å². The van der Waals surface area contributed by atoms with Crippen molar-refractivity contribution in [2.75, 3.05) is 11.9 Å². The average Bonchev–Trinajstić information content (AvgIpc) is 2.94. The molecule has 23 heavy (non-hydrogen) atoms. The van der Waals surface area contributed by atoms with Crippen molar-refractivity contribution in [2.45, 2.75) is 39.2 Å². The number of anilines is 1. The van der Waals surface area contributed by atoms with Crippen molar-refractivity contribution in [3.05, 3.63) is 48.0 Å². The molecule has 0 amide bonds. The van der Waals surface area contributed by atoms with Gasteiger partial charge in [-0.15, -0.1) is 0 Å². The van der Waals surface area contributed by atoms with E-state index in [1.807, 2.05) is 12.3 Å². The van der Waals surface area contributed by atoms with Gasteiger partial charge in [-0.1, -0.05) is 38.3 Å². The van der Waals surface area contributed by atoms with E-state index in [0.29, 0.717) is 11.7 Å². The Balaban J connectivity index is 1.77. The SMILES string of the molecule is CCCCCCNC(=S)Nc1cnn(Cc2cccc(F)c2)c1. The fourth-order valence-corrected chi connectivity index (χ4v) is 2.49. The molecule has 0 saturated carbocycles. The summed E-state index contributed by atoms with van der Waals surface area (Å²) in [6, 6.07) is 6.52. The fourth-order valence-electron chi connectivity index (χ4n) is 2.27. The molecule has 2 aromatic rings. The number of hydrogen-bond donors (Lipinski definition) is 2. The normalized spacial score (nSPS) is 10.5. The number of unbranched alkanes of at least 4 members (excludes halogenated alkanes) is 3. The molecule has 2 rings (SSSR count). The number of benzene rings is 1. The first kappa shape index (κ1) is 17.4. The summed E-state index contributed by atoms with van der Waals surface area (Å²) in [5.41, 5.74) is 1.70. The summed E-state index contributed by atoms with van der Waals surface area (Å²) < 4.78 is 14.9. The molecule has 0 spiro atoms. The van der Waals surface area contributed by atoms with Gasteiger partial charge in [0, 0.05) is 12.7 Å². The quantitative estimate of drug-likeness (QED) is 0.567. The zero-order valence-electron chi connectivity index (χ0n) is 13.4. The molecule has 0 atom stereocenters. The minimum Gasteiger partial charge on any atom is -0.362 e. The molecular formula is C17H23FN4S. The summed E-state index contributed by atoms with van der Waals surface area (Å²) in [5, 5.41) is 11.2. The smallest absolute Gasteiger partial charge is 0.170 e. The first-order chi connectivity index (χ1) is 11.2. The van der Waals surface area contributed by atoms with Gasteiger partial charge in [0.1, 0.15) is 5.82 Å². The standard InChI is InChI=1S/C17H23FN4S/c1-2-3-4-5-9-19-17(23)21-16-11-20-22(13-16)12-14-7-6-8-15(18)10-14/h6-8,10-11,13H,2-5,9,12H2,1H3,(H2,19,21,23). The highest BCUT2D eigenvalue weighted by atomic mass is 32.1. The van der Waals surface area contributed by atoms with E-state index in [2.05, 4.69) is 22.7 Å². The summed E-state index contributed by atoms with van der Waals surface area (Å²) in [5.74, 6) is -0.235. The van der Waals surface area contributed by atoms with Crippen LogP contribution in [0.3, 0.4) is 0 Å². The maximum Gasteiger partial charge on any atom is 0.170 e. The number of nitrogens with one attached hydrogen (secondary N) is 2. The van der Waals surface area contributed by atoms with Crippen LogP contribution in [0.5, 0.6) is 0 Å². The zero-order valence-corrected chi connectivity index (χ0v) is 14.2. The van der Waals surface area contributed by atoms with E-state index in [1.165, 1.54) is 31.4 Å². The van der Waals surface area contributed by atoms with Crippen LogP contribution in [0.15, 0.2) is 36.7 Å². The van der Waals surface area contributed by atoms with Crippen molar-refractivity contribution in [3.8, 4) is 0 Å². The van der Waals surface area contributed by atoms with E-state index >= 15 is 0 Å². The Morgan fingerprint density at radius 1 is 1.30 bits per heavy atom. The molecule has 0 fully saturated rings. The predicted molar refractivity (Wildman–Crippen MR) is 96.1 cm³/mol. The molecule has 0 unspecified atom stereocenters. The van der Waals surface area contributed by atoms with Gasteiger partial charge in [-0.3, -0.25) is 4.68 Å². The molecule has 0 aliphatic rings. The Bertz CT molecular complexity index is 627. The molecule has 1 aromatic heterocycles. The van der Waals surface area contributed by atoms with Crippen LogP contribution >= 0.6 is 12.2 Å². The highest BCUT2D eigenvalue weighted by molar-refractivity contribution is 7.80. The van der Waals surface area contributed by atoms with Gasteiger partial charge in [-0.2, -0.15) is 5.10 Å². The highest BCUT2D eigenvalue weighted by Crippen LogP contribution is 2.09. The zero-order chi connectivity index (χ0) is 16.5. The number of aromatic nitrogens is 2. The van der Waals surface area contributed by atoms with Crippen LogP contribution < -0.4 is 10.6 Å². The fraction of sp³-hybridized carbons (Fsp3) is 0.412. The molecule has 1 aromatic carbocycles. The van der Waals surface area contributed by atoms with Gasteiger partial charge in [0.15, 0.2) is 5.11 Å². The third-order valence-corrected chi connectivity index (χ3v) is 3.69. The van der Waals surface area contributed by atoms with Gasteiger partial charge in [-0.25, -0.2) is 4.39 Å². The first-order valence-corrected chi connectivity index (χ1v) is 8.40. The monoisotopic (exact) mass is 334 g/mol. The number of thiocarbonyl (C=S) groups is 1. The topological polar surface area (TPSA) is 41.9 Å². The first-order valence-electron chi connectivity index (χ1n) is 7.99. The lowest BCUT2D eigenvalue weighted by atomic mass is 10.2. The van der Waals surface area contributed by atoms with Crippen LogP contribution in [0.1, 0.15) is 38.2 Å². The van der Waals surface area contributed by atoms with Gasteiger partial charge in [0.2, 0.25) is 0 Å². The lowest BCUT2D eigenvalue weighted by Gasteiger charge is -2.08. The molecule has 124 valence electrons. The average molecular weight is 334 g/mol. The van der Waals surface area contributed by atoms with Gasteiger partial charge in [0.25, 0.3) is 0 Å². The van der Waals surface area contributed by atoms with Gasteiger partial charge >= 0.3 is 0 Å². The third kappa shape index (κ3) is 6.36. The Morgan fingerprint density at radius 3 is 2.96 bits per heavy atom. The Morgan fingerprint density at radius 2 is 2.17 bits per heavy atom. The third-order valence-electron chi connectivity index (χ3n) is 3.44. The molecule has 0 radical (unpaired) electrons. The highest BCUT2D eigenvalue weighted by Gasteiger charge is 2.02. The predicted octanol–water partition coefficient (Wildman–Crippen LogP) is 3.94. The summed E-state index contributed by atoms with van der Waals surface area (Å²) in [4.78, 5) is 0. The van der Waals surface area contributed by atoms with Crippen molar-refractivity contribution in [1.29, 1.82) is 0 Å². The van der Waals surface area contributed by atoms with E-state index in [0.717, 1.165) is 24.2 Å². The van der Waals surface area contributed by atoms with E-state index < -0.39 is 0 Å². The Kier molecular flexibility index (Phi) is 7.00. The van der Waals surface area contributed by atoms with Crippen LogP contribution in [0.25, 0.3) is 0 Å². The van der Waals surface area contributed by atoms with Crippen molar-refractivity contribution < 1.29 is 4.39 Å². The van der Waals surface area contributed by atoms with Crippen LogP contribution in [-0.2, 0) is 6.54 Å². The lowest BCUT2D eigenvalue weighted by Crippen LogP contribution is -2.29. The molecule has 0 aliphatic heterocycles. The van der Waals surface area contributed by atoms with Crippen LogP contribution in [-0.4, -0.2) is 21.4 Å². The van der Waals surface area contributed by atoms with Crippen molar-refractivity contribution in [1.82, 2.24) is 15.1 Å².